The molecule has 0 atom stereocenters. The number of halogens is 3. The van der Waals surface area contributed by atoms with E-state index in [0.717, 1.165) is 18.9 Å². The number of carbonyl (C=O) groups is 1. The molecule has 0 unspecified atom stereocenters. The molecule has 2 N–H and O–H groups in total. The number of likely N-dealkylation sites (tertiary alicyclic amines) is 1. The zero-order valence-electron chi connectivity index (χ0n) is 15.6. The predicted octanol–water partition coefficient (Wildman–Crippen LogP) is 2.91. The molecule has 9 heteroatoms. The Bertz CT molecular complexity index is 638. The molecule has 2 rings (SSSR count). The first-order valence-corrected chi connectivity index (χ1v) is 8.85. The molecule has 1 fully saturated rings. The van der Waals surface area contributed by atoms with Crippen molar-refractivity contribution in [2.45, 2.75) is 32.2 Å². The van der Waals surface area contributed by atoms with Crippen LogP contribution in [0.5, 0.6) is 0 Å². The highest BCUT2D eigenvalue weighted by atomic mass is 127. The molecule has 1 amide bonds. The third-order valence-electron chi connectivity index (χ3n) is 4.28. The highest BCUT2D eigenvalue weighted by Gasteiger charge is 2.23. The molecule has 1 aromatic carbocycles. The lowest BCUT2D eigenvalue weighted by Crippen LogP contribution is -2.49. The number of amides is 1. The summed E-state index contributed by atoms with van der Waals surface area (Å²) in [7, 11) is 1.38. The number of piperidine rings is 1. The van der Waals surface area contributed by atoms with E-state index in [4.69, 9.17) is 4.74 Å². The van der Waals surface area contributed by atoms with Crippen molar-refractivity contribution in [1.82, 2.24) is 15.5 Å². The van der Waals surface area contributed by atoms with Crippen LogP contribution in [0.4, 0.5) is 13.6 Å². The first-order valence-electron chi connectivity index (χ1n) is 8.85. The Morgan fingerprint density at radius 3 is 2.63 bits per heavy atom. The number of hydrogen-bond acceptors (Lipinski definition) is 3. The van der Waals surface area contributed by atoms with E-state index in [1.165, 1.54) is 19.2 Å². The molecule has 0 saturated carbocycles. The van der Waals surface area contributed by atoms with Gasteiger partial charge in [0, 0.05) is 38.3 Å². The first kappa shape index (κ1) is 23.4. The van der Waals surface area contributed by atoms with Crippen molar-refractivity contribution in [3.8, 4) is 0 Å². The van der Waals surface area contributed by atoms with E-state index >= 15 is 0 Å². The van der Waals surface area contributed by atoms with E-state index in [1.54, 1.807) is 4.90 Å². The molecule has 0 bridgehead atoms. The summed E-state index contributed by atoms with van der Waals surface area (Å²) in [4.78, 5) is 17.7. The highest BCUT2D eigenvalue weighted by Crippen LogP contribution is 2.12. The van der Waals surface area contributed by atoms with Crippen LogP contribution in [0.15, 0.2) is 23.2 Å². The standard InChI is InChI=1S/C18H26F2N4O2.HI/c1-3-21-17(22-9-6-13-4-5-14(19)12-16(13)20)23-15-7-10-24(11-8-15)18(25)26-2;/h4-5,12,15H,3,6-11H2,1-2H3,(H2,21,22,23);1H. The fourth-order valence-electron chi connectivity index (χ4n) is 2.86. The molecule has 0 aromatic heterocycles. The maximum atomic E-state index is 13.7. The fourth-order valence-corrected chi connectivity index (χ4v) is 2.86. The Labute approximate surface area is 175 Å². The second kappa shape index (κ2) is 11.9. The number of aliphatic imine (C=N–C) groups is 1. The average molecular weight is 496 g/mol. The van der Waals surface area contributed by atoms with Gasteiger partial charge in [0.25, 0.3) is 0 Å². The van der Waals surface area contributed by atoms with E-state index in [2.05, 4.69) is 15.6 Å². The minimum Gasteiger partial charge on any atom is -0.453 e. The van der Waals surface area contributed by atoms with Crippen LogP contribution >= 0.6 is 24.0 Å². The maximum absolute atomic E-state index is 13.7. The van der Waals surface area contributed by atoms with Gasteiger partial charge in [-0.3, -0.25) is 4.99 Å². The summed E-state index contributed by atoms with van der Waals surface area (Å²) < 4.78 is 31.3. The van der Waals surface area contributed by atoms with Crippen LogP contribution in [0.2, 0.25) is 0 Å². The lowest BCUT2D eigenvalue weighted by Gasteiger charge is -2.32. The molecule has 1 aliphatic rings. The number of rotatable bonds is 5. The van der Waals surface area contributed by atoms with Crippen molar-refractivity contribution >= 4 is 36.0 Å². The minimum absolute atomic E-state index is 0. The molecule has 1 aromatic rings. The second-order valence-electron chi connectivity index (χ2n) is 6.12. The van der Waals surface area contributed by atoms with Crippen molar-refractivity contribution in [2.24, 2.45) is 4.99 Å². The molecular formula is C18H27F2IN4O2. The normalized spacial score (nSPS) is 15.1. The zero-order valence-corrected chi connectivity index (χ0v) is 18.0. The fraction of sp³-hybridized carbons (Fsp3) is 0.556. The second-order valence-corrected chi connectivity index (χ2v) is 6.12. The number of benzene rings is 1. The van der Waals surface area contributed by atoms with Gasteiger partial charge < -0.3 is 20.3 Å². The quantitative estimate of drug-likeness (QED) is 0.374. The highest BCUT2D eigenvalue weighted by molar-refractivity contribution is 14.0. The van der Waals surface area contributed by atoms with E-state index in [-0.39, 0.29) is 36.1 Å². The van der Waals surface area contributed by atoms with E-state index < -0.39 is 11.6 Å². The van der Waals surface area contributed by atoms with Crippen molar-refractivity contribution in [3.63, 3.8) is 0 Å². The smallest absolute Gasteiger partial charge is 0.409 e. The largest absolute Gasteiger partial charge is 0.453 e. The average Bonchev–Trinajstić information content (AvgIpc) is 2.63. The van der Waals surface area contributed by atoms with Crippen LogP contribution in [0.3, 0.4) is 0 Å². The lowest BCUT2D eigenvalue weighted by molar-refractivity contribution is 0.111. The van der Waals surface area contributed by atoms with Crippen LogP contribution in [-0.2, 0) is 11.2 Å². The number of nitrogens with zero attached hydrogens (tertiary/aromatic N) is 2. The Morgan fingerprint density at radius 2 is 2.04 bits per heavy atom. The number of carbonyl (C=O) groups excluding carboxylic acids is 1. The summed E-state index contributed by atoms with van der Waals surface area (Å²) in [5.74, 6) is -0.470. The van der Waals surface area contributed by atoms with Gasteiger partial charge in [-0.25, -0.2) is 13.6 Å². The van der Waals surface area contributed by atoms with Gasteiger partial charge in [-0.05, 0) is 37.8 Å². The number of guanidine groups is 1. The van der Waals surface area contributed by atoms with Gasteiger partial charge in [-0.2, -0.15) is 0 Å². The SMILES string of the molecule is CCNC(=NCCc1ccc(F)cc1F)NC1CCN(C(=O)OC)CC1.I. The van der Waals surface area contributed by atoms with Gasteiger partial charge in [0.15, 0.2) is 5.96 Å². The van der Waals surface area contributed by atoms with Crippen LogP contribution in [0, 0.1) is 11.6 Å². The molecule has 0 spiro atoms. The zero-order chi connectivity index (χ0) is 18.9. The molecule has 1 aliphatic heterocycles. The van der Waals surface area contributed by atoms with Gasteiger partial charge in [0.05, 0.1) is 7.11 Å². The molecular weight excluding hydrogens is 469 g/mol. The molecule has 0 radical (unpaired) electrons. The Kier molecular flexibility index (Phi) is 10.3. The third kappa shape index (κ3) is 7.47. The van der Waals surface area contributed by atoms with Crippen LogP contribution in [0.25, 0.3) is 0 Å². The maximum Gasteiger partial charge on any atom is 0.409 e. The summed E-state index contributed by atoms with van der Waals surface area (Å²) in [6, 6.07) is 3.79. The van der Waals surface area contributed by atoms with Crippen molar-refractivity contribution in [2.75, 3.05) is 33.3 Å². The minimum atomic E-state index is -0.581. The van der Waals surface area contributed by atoms with Crippen molar-refractivity contribution < 1.29 is 18.3 Å². The van der Waals surface area contributed by atoms with E-state index in [1.807, 2.05) is 6.92 Å². The Morgan fingerprint density at radius 1 is 1.33 bits per heavy atom. The predicted molar refractivity (Wildman–Crippen MR) is 112 cm³/mol. The van der Waals surface area contributed by atoms with Crippen molar-refractivity contribution in [1.29, 1.82) is 0 Å². The van der Waals surface area contributed by atoms with Crippen LogP contribution in [-0.4, -0.2) is 56.3 Å². The molecule has 1 heterocycles. The Hall–Kier alpha value is -1.65. The van der Waals surface area contributed by atoms with Crippen LogP contribution in [0.1, 0.15) is 25.3 Å². The number of methoxy groups -OCH3 is 1. The first-order chi connectivity index (χ1) is 12.5. The van der Waals surface area contributed by atoms with E-state index in [9.17, 15) is 13.6 Å². The van der Waals surface area contributed by atoms with Gasteiger partial charge in [0.2, 0.25) is 0 Å². The molecule has 6 nitrogen and oxygen atoms in total. The summed E-state index contributed by atoms with van der Waals surface area (Å²) >= 11 is 0. The summed E-state index contributed by atoms with van der Waals surface area (Å²) in [6.07, 6.45) is 1.69. The third-order valence-corrected chi connectivity index (χ3v) is 4.28. The number of hydrogen-bond donors (Lipinski definition) is 2. The Balaban J connectivity index is 0.00000364. The topological polar surface area (TPSA) is 66.0 Å². The number of ether oxygens (including phenoxy) is 1. The van der Waals surface area contributed by atoms with E-state index in [0.29, 0.717) is 44.1 Å². The molecule has 0 aliphatic carbocycles. The van der Waals surface area contributed by atoms with Crippen LogP contribution < -0.4 is 10.6 Å². The van der Waals surface area contributed by atoms with Crippen molar-refractivity contribution in [3.05, 3.63) is 35.4 Å². The molecule has 1 saturated heterocycles. The van der Waals surface area contributed by atoms with Gasteiger partial charge >= 0.3 is 6.09 Å². The summed E-state index contributed by atoms with van der Waals surface area (Å²) in [6.45, 7) is 4.32. The molecule has 27 heavy (non-hydrogen) atoms. The molecule has 152 valence electrons. The summed E-state index contributed by atoms with van der Waals surface area (Å²) in [5, 5.41) is 6.52. The van der Waals surface area contributed by atoms with Gasteiger partial charge in [-0.1, -0.05) is 6.07 Å². The monoisotopic (exact) mass is 496 g/mol. The lowest BCUT2D eigenvalue weighted by atomic mass is 10.1. The number of nitrogens with one attached hydrogen (secondary N) is 2. The van der Waals surface area contributed by atoms with Gasteiger partial charge in [0.1, 0.15) is 11.6 Å². The summed E-state index contributed by atoms with van der Waals surface area (Å²) in [5.41, 5.74) is 0.442. The van der Waals surface area contributed by atoms with Gasteiger partial charge in [-0.15, -0.1) is 24.0 Å².